The largest absolute Gasteiger partial charge is 0.386 e. The van der Waals surface area contributed by atoms with Gasteiger partial charge in [-0.3, -0.25) is 4.79 Å². The number of benzene rings is 1. The highest BCUT2D eigenvalue weighted by Gasteiger charge is 2.93. The molecule has 1 saturated carbocycles. The number of aliphatic imine (C=N–C) groups is 1. The number of rotatable bonds is 6. The minimum absolute atomic E-state index is 0.0457. The van der Waals surface area contributed by atoms with Gasteiger partial charge in [0.05, 0.1) is 12.1 Å². The van der Waals surface area contributed by atoms with E-state index in [2.05, 4.69) is 22.4 Å². The van der Waals surface area contributed by atoms with Crippen molar-refractivity contribution in [2.24, 2.45) is 21.6 Å². The molecule has 0 unspecified atom stereocenters. The van der Waals surface area contributed by atoms with Crippen LogP contribution in [0.5, 0.6) is 0 Å². The Kier molecular flexibility index (Phi) is 4.43. The molecule has 3 N–H and O–H groups in total. The van der Waals surface area contributed by atoms with Crippen LogP contribution in [0.25, 0.3) is 0 Å². The van der Waals surface area contributed by atoms with Crippen LogP contribution < -0.4 is 11.1 Å². The number of nitrogens with zero attached hydrogens (tertiary/aromatic N) is 3. The zero-order valence-corrected chi connectivity index (χ0v) is 15.4. The summed E-state index contributed by atoms with van der Waals surface area (Å²) in [6, 6.07) is 11.4. The summed E-state index contributed by atoms with van der Waals surface area (Å²) < 4.78 is 11.6. The number of nitrogens with two attached hydrogens (primary N) is 1. The predicted octanol–water partition coefficient (Wildman–Crippen LogP) is 1.86. The number of amides is 1. The molecule has 8 nitrogen and oxygen atoms in total. The van der Waals surface area contributed by atoms with Crippen LogP contribution in [0.2, 0.25) is 0 Å². The van der Waals surface area contributed by atoms with Gasteiger partial charge in [0.15, 0.2) is 5.41 Å². The Balaban J connectivity index is 2.10. The molecule has 1 aliphatic carbocycles. The van der Waals surface area contributed by atoms with Gasteiger partial charge in [0, 0.05) is 31.7 Å². The number of carbonyl (C=O) groups is 1. The minimum atomic E-state index is -1.62. The fraction of sp³-hybridized carbons (Fsp3) is 0.474. The summed E-state index contributed by atoms with van der Waals surface area (Å²) in [6.45, 7) is 5.45. The molecule has 0 bridgehead atoms. The van der Waals surface area contributed by atoms with Gasteiger partial charge in [0.25, 0.3) is 5.91 Å². The summed E-state index contributed by atoms with van der Waals surface area (Å²) in [7, 11) is 0. The molecule has 8 heteroatoms. The Morgan fingerprint density at radius 2 is 1.81 bits per heavy atom. The summed E-state index contributed by atoms with van der Waals surface area (Å²) in [5.41, 5.74) is 4.81. The average molecular weight is 367 g/mol. The first-order valence-corrected chi connectivity index (χ1v) is 8.72. The van der Waals surface area contributed by atoms with Gasteiger partial charge in [0.1, 0.15) is 11.3 Å². The van der Waals surface area contributed by atoms with Crippen molar-refractivity contribution in [1.29, 1.82) is 10.5 Å². The van der Waals surface area contributed by atoms with Crippen molar-refractivity contribution in [3.63, 3.8) is 0 Å². The smallest absolute Gasteiger partial charge is 0.293 e. The van der Waals surface area contributed by atoms with Gasteiger partial charge in [-0.15, -0.1) is 0 Å². The zero-order valence-electron chi connectivity index (χ0n) is 15.4. The second-order valence-corrected chi connectivity index (χ2v) is 6.52. The van der Waals surface area contributed by atoms with Crippen molar-refractivity contribution >= 4 is 17.4 Å². The van der Waals surface area contributed by atoms with Crippen LogP contribution in [0.3, 0.4) is 0 Å². The van der Waals surface area contributed by atoms with Crippen molar-refractivity contribution in [2.45, 2.75) is 32.6 Å². The number of carbonyl (C=O) groups excluding carboxylic acids is 1. The third-order valence-electron chi connectivity index (χ3n) is 5.17. The topological polar surface area (TPSA) is 134 Å². The van der Waals surface area contributed by atoms with E-state index in [1.54, 1.807) is 38.1 Å². The Morgan fingerprint density at radius 1 is 1.22 bits per heavy atom. The summed E-state index contributed by atoms with van der Waals surface area (Å²) in [4.78, 5) is 15.5. The first-order valence-electron chi connectivity index (χ1n) is 8.72. The third kappa shape index (κ3) is 2.21. The molecular weight excluding hydrogens is 346 g/mol. The quantitative estimate of drug-likeness (QED) is 0.737. The minimum Gasteiger partial charge on any atom is -0.386 e. The van der Waals surface area contributed by atoms with Gasteiger partial charge in [-0.05, 0) is 31.5 Å². The lowest BCUT2D eigenvalue weighted by Crippen LogP contribution is -2.43. The van der Waals surface area contributed by atoms with Gasteiger partial charge in [-0.25, -0.2) is 4.99 Å². The van der Waals surface area contributed by atoms with Gasteiger partial charge in [-0.2, -0.15) is 10.5 Å². The maximum absolute atomic E-state index is 11.2. The molecule has 1 heterocycles. The molecule has 2 aliphatic rings. The van der Waals surface area contributed by atoms with Crippen LogP contribution >= 0.6 is 0 Å². The fourth-order valence-corrected chi connectivity index (χ4v) is 4.21. The number of amidine groups is 1. The van der Waals surface area contributed by atoms with Crippen molar-refractivity contribution in [3.05, 3.63) is 29.8 Å². The second kappa shape index (κ2) is 6.34. The molecule has 3 atom stereocenters. The number of ether oxygens (including phenoxy) is 2. The van der Waals surface area contributed by atoms with Crippen LogP contribution in [0.1, 0.15) is 32.3 Å². The van der Waals surface area contributed by atoms with Crippen LogP contribution in [-0.4, -0.2) is 30.9 Å². The third-order valence-corrected chi connectivity index (χ3v) is 5.17. The fourth-order valence-electron chi connectivity index (χ4n) is 4.21. The molecule has 1 aromatic rings. The summed E-state index contributed by atoms with van der Waals surface area (Å²) in [5, 5.41) is 22.8. The summed E-state index contributed by atoms with van der Waals surface area (Å²) >= 11 is 0. The molecule has 3 rings (SSSR count). The lowest BCUT2D eigenvalue weighted by atomic mass is 9.93. The van der Waals surface area contributed by atoms with E-state index < -0.39 is 22.7 Å². The highest BCUT2D eigenvalue weighted by atomic mass is 16.7. The SMILES string of the molecule is CCOC1(OCC)N=C(N)[C@@]2(C#N)[C@@H](c3ccc(NC(C)=O)cc3)[C@@]12C#N. The molecule has 0 radical (unpaired) electrons. The van der Waals surface area contributed by atoms with Crippen LogP contribution in [-0.2, 0) is 14.3 Å². The van der Waals surface area contributed by atoms with Gasteiger partial charge >= 0.3 is 0 Å². The van der Waals surface area contributed by atoms with Crippen LogP contribution in [0, 0.1) is 33.5 Å². The average Bonchev–Trinajstić information content (AvgIpc) is 3.21. The number of anilines is 1. The number of fused-ring (bicyclic) bond motifs is 1. The number of hydrogen-bond acceptors (Lipinski definition) is 7. The Hall–Kier alpha value is -2.94. The molecule has 27 heavy (non-hydrogen) atoms. The number of hydrogen-bond donors (Lipinski definition) is 2. The summed E-state index contributed by atoms with van der Waals surface area (Å²) in [5.74, 6) is -2.31. The van der Waals surface area contributed by atoms with Crippen molar-refractivity contribution in [2.75, 3.05) is 18.5 Å². The Labute approximate surface area is 157 Å². The normalized spacial score (nSPS) is 29.8. The second-order valence-electron chi connectivity index (χ2n) is 6.52. The van der Waals surface area contributed by atoms with Crippen LogP contribution in [0.4, 0.5) is 5.69 Å². The van der Waals surface area contributed by atoms with E-state index >= 15 is 0 Å². The highest BCUT2D eigenvalue weighted by Crippen LogP contribution is 2.81. The lowest BCUT2D eigenvalue weighted by Gasteiger charge is -2.31. The maximum Gasteiger partial charge on any atom is 0.293 e. The molecule has 1 aromatic carbocycles. The van der Waals surface area contributed by atoms with E-state index in [0.29, 0.717) is 5.69 Å². The lowest BCUT2D eigenvalue weighted by molar-refractivity contribution is -0.255. The van der Waals surface area contributed by atoms with Crippen molar-refractivity contribution in [1.82, 2.24) is 0 Å². The van der Waals surface area contributed by atoms with Gasteiger partial charge < -0.3 is 20.5 Å². The molecular formula is C19H21N5O3. The zero-order chi connectivity index (χ0) is 19.9. The van der Waals surface area contributed by atoms with Crippen molar-refractivity contribution < 1.29 is 14.3 Å². The van der Waals surface area contributed by atoms with E-state index in [1.165, 1.54) is 6.92 Å². The van der Waals surface area contributed by atoms with E-state index in [9.17, 15) is 15.3 Å². The standard InChI is InChI=1S/C19H21N5O3/c1-4-26-19(27-5-2)18(11-21)15(17(18,10-20)16(22)24-19)13-6-8-14(9-7-13)23-12(3)25/h6-9,15H,4-5H2,1-3H3,(H2,22,24)(H,23,25)/t15-,17-,18-/m1/s1. The molecule has 140 valence electrons. The van der Waals surface area contributed by atoms with Gasteiger partial charge in [-0.1, -0.05) is 12.1 Å². The Morgan fingerprint density at radius 3 is 2.26 bits per heavy atom. The van der Waals surface area contributed by atoms with Crippen LogP contribution in [0.15, 0.2) is 29.3 Å². The van der Waals surface area contributed by atoms with Gasteiger partial charge in [0.2, 0.25) is 5.91 Å². The number of nitrogens with one attached hydrogen (secondary N) is 1. The van der Waals surface area contributed by atoms with E-state index in [4.69, 9.17) is 15.2 Å². The first kappa shape index (κ1) is 18.8. The Bertz CT molecular complexity index is 876. The van der Waals surface area contributed by atoms with E-state index in [1.807, 2.05) is 0 Å². The number of nitriles is 2. The monoisotopic (exact) mass is 367 g/mol. The van der Waals surface area contributed by atoms with E-state index in [-0.39, 0.29) is 25.0 Å². The molecule has 0 saturated heterocycles. The molecule has 0 aromatic heterocycles. The molecule has 1 aliphatic heterocycles. The maximum atomic E-state index is 11.2. The predicted molar refractivity (Wildman–Crippen MR) is 97.2 cm³/mol. The highest BCUT2D eigenvalue weighted by molar-refractivity contribution is 6.00. The molecule has 1 fully saturated rings. The summed E-state index contributed by atoms with van der Waals surface area (Å²) in [6.07, 6.45) is 0. The first-order chi connectivity index (χ1) is 12.9. The van der Waals surface area contributed by atoms with Crippen molar-refractivity contribution in [3.8, 4) is 12.1 Å². The molecule has 0 spiro atoms. The molecule has 1 amide bonds. The van der Waals surface area contributed by atoms with E-state index in [0.717, 1.165) is 5.56 Å².